The monoisotopic (exact) mass is 514 g/mol. The van der Waals surface area contributed by atoms with Crippen molar-refractivity contribution < 1.29 is 18.7 Å². The maximum Gasteiger partial charge on any atom is 0.251 e. The average Bonchev–Trinajstić information content (AvgIpc) is 3.38. The summed E-state index contributed by atoms with van der Waals surface area (Å²) in [7, 11) is 0. The Morgan fingerprint density at radius 1 is 1.21 bits per heavy atom. The van der Waals surface area contributed by atoms with Crippen LogP contribution in [0.4, 0.5) is 10.1 Å². The van der Waals surface area contributed by atoms with Crippen molar-refractivity contribution in [2.24, 2.45) is 16.7 Å². The van der Waals surface area contributed by atoms with Crippen molar-refractivity contribution in [1.82, 2.24) is 10.3 Å². The van der Waals surface area contributed by atoms with Gasteiger partial charge in [0.1, 0.15) is 30.0 Å². The van der Waals surface area contributed by atoms with Gasteiger partial charge in [0.05, 0.1) is 16.8 Å². The third-order valence-electron chi connectivity index (χ3n) is 8.18. The van der Waals surface area contributed by atoms with Crippen LogP contribution in [0.1, 0.15) is 50.0 Å². The van der Waals surface area contributed by atoms with E-state index in [1.165, 1.54) is 6.07 Å². The number of nitriles is 1. The third kappa shape index (κ3) is 4.16. The molecule has 0 bridgehead atoms. The number of anilines is 1. The number of nitrogens with zero attached hydrogens (tertiary/aromatic N) is 3. The fraction of sp³-hybridized carbons (Fsp3) is 0.400. The molecule has 5 rings (SSSR count). The number of hydrogen-bond donors (Lipinski definition) is 1. The van der Waals surface area contributed by atoms with Gasteiger partial charge in [-0.25, -0.2) is 4.39 Å². The lowest BCUT2D eigenvalue weighted by Gasteiger charge is -2.63. The number of benzene rings is 2. The Morgan fingerprint density at radius 2 is 1.97 bits per heavy atom. The predicted molar refractivity (Wildman–Crippen MR) is 142 cm³/mol. The summed E-state index contributed by atoms with van der Waals surface area (Å²) in [6.07, 6.45) is 3.03. The molecule has 2 aromatic carbocycles. The molecule has 1 aromatic heterocycles. The largest absolute Gasteiger partial charge is 0.488 e. The molecule has 2 fully saturated rings. The minimum atomic E-state index is -0.473. The molecule has 1 amide bonds. The van der Waals surface area contributed by atoms with Crippen molar-refractivity contribution in [3.63, 3.8) is 0 Å². The SMILES string of the molecule is CC1(C)C(NC(=O)c2ccc(N3CC[C@@H](C=O)C3)c(F)c2)C(C)(C)C1Oc1ccc(C#N)c2ncccc12. The maximum atomic E-state index is 15.0. The first-order valence-corrected chi connectivity index (χ1v) is 12.8. The van der Waals surface area contributed by atoms with Gasteiger partial charge in [-0.2, -0.15) is 5.26 Å². The lowest BCUT2D eigenvalue weighted by atomic mass is 9.49. The number of nitrogens with one attached hydrogen (secondary N) is 1. The Labute approximate surface area is 221 Å². The molecule has 1 aliphatic carbocycles. The van der Waals surface area contributed by atoms with E-state index in [-0.39, 0.29) is 29.5 Å². The molecule has 1 atom stereocenters. The van der Waals surface area contributed by atoms with E-state index in [1.54, 1.807) is 30.5 Å². The van der Waals surface area contributed by atoms with E-state index in [0.717, 1.165) is 11.7 Å². The molecule has 8 heteroatoms. The summed E-state index contributed by atoms with van der Waals surface area (Å²) in [6.45, 7) is 9.26. The highest BCUT2D eigenvalue weighted by Crippen LogP contribution is 2.56. The summed E-state index contributed by atoms with van der Waals surface area (Å²) in [5.74, 6) is -0.271. The molecule has 1 saturated heterocycles. The van der Waals surface area contributed by atoms with Crippen LogP contribution >= 0.6 is 0 Å². The van der Waals surface area contributed by atoms with Crippen molar-refractivity contribution in [3.8, 4) is 11.8 Å². The molecule has 1 N–H and O–H groups in total. The van der Waals surface area contributed by atoms with Crippen LogP contribution < -0.4 is 15.0 Å². The predicted octanol–water partition coefficient (Wildman–Crippen LogP) is 4.88. The molecule has 1 saturated carbocycles. The molecule has 2 aliphatic rings. The maximum absolute atomic E-state index is 15.0. The number of ether oxygens (including phenoxy) is 1. The van der Waals surface area contributed by atoms with E-state index in [4.69, 9.17) is 4.74 Å². The van der Waals surface area contributed by atoms with Crippen molar-refractivity contribution >= 4 is 28.8 Å². The molecule has 196 valence electrons. The van der Waals surface area contributed by atoms with Gasteiger partial charge < -0.3 is 19.7 Å². The first-order chi connectivity index (χ1) is 18.1. The zero-order chi connectivity index (χ0) is 27.2. The molecule has 0 spiro atoms. The minimum absolute atomic E-state index is 0.0887. The van der Waals surface area contributed by atoms with Gasteiger partial charge in [0.15, 0.2) is 0 Å². The second-order valence-corrected chi connectivity index (χ2v) is 11.5. The second-order valence-electron chi connectivity index (χ2n) is 11.5. The molecule has 1 aliphatic heterocycles. The molecule has 0 unspecified atom stereocenters. The summed E-state index contributed by atoms with van der Waals surface area (Å²) in [6, 6.07) is 13.7. The number of rotatable bonds is 6. The number of amides is 1. The quantitative estimate of drug-likeness (QED) is 0.471. The zero-order valence-corrected chi connectivity index (χ0v) is 22.0. The van der Waals surface area contributed by atoms with Gasteiger partial charge in [-0.1, -0.05) is 27.7 Å². The highest BCUT2D eigenvalue weighted by Gasteiger charge is 2.64. The van der Waals surface area contributed by atoms with Gasteiger partial charge in [-0.05, 0) is 48.9 Å². The second kappa shape index (κ2) is 9.39. The Kier molecular flexibility index (Phi) is 6.34. The summed E-state index contributed by atoms with van der Waals surface area (Å²) in [5.41, 5.74) is 0.870. The van der Waals surface area contributed by atoms with Gasteiger partial charge in [-0.3, -0.25) is 9.78 Å². The van der Waals surface area contributed by atoms with Gasteiger partial charge in [0.2, 0.25) is 0 Å². The van der Waals surface area contributed by atoms with Crippen LogP contribution in [-0.4, -0.2) is 42.4 Å². The molecule has 3 aromatic rings. The number of halogens is 1. The smallest absolute Gasteiger partial charge is 0.251 e. The van der Waals surface area contributed by atoms with Gasteiger partial charge in [0.25, 0.3) is 5.91 Å². The van der Waals surface area contributed by atoms with Crippen LogP contribution in [0.5, 0.6) is 5.75 Å². The summed E-state index contributed by atoms with van der Waals surface area (Å²) in [4.78, 5) is 30.5. The first-order valence-electron chi connectivity index (χ1n) is 12.8. The van der Waals surface area contributed by atoms with Crippen LogP contribution in [-0.2, 0) is 4.79 Å². The third-order valence-corrected chi connectivity index (χ3v) is 8.18. The molecular weight excluding hydrogens is 483 g/mol. The molecule has 0 radical (unpaired) electrons. The van der Waals surface area contributed by atoms with Crippen LogP contribution in [0, 0.1) is 33.9 Å². The Hall–Kier alpha value is -3.99. The fourth-order valence-electron chi connectivity index (χ4n) is 6.50. The lowest BCUT2D eigenvalue weighted by Crippen LogP contribution is -2.74. The summed E-state index contributed by atoms with van der Waals surface area (Å²) >= 11 is 0. The number of fused-ring (bicyclic) bond motifs is 1. The normalized spacial score (nSPS) is 23.4. The number of carbonyl (C=O) groups excluding carboxylic acids is 2. The van der Waals surface area contributed by atoms with Crippen LogP contribution in [0.3, 0.4) is 0 Å². The topological polar surface area (TPSA) is 95.3 Å². The molecule has 38 heavy (non-hydrogen) atoms. The number of pyridine rings is 1. The lowest BCUT2D eigenvalue weighted by molar-refractivity contribution is -0.163. The van der Waals surface area contributed by atoms with Crippen LogP contribution in [0.25, 0.3) is 10.9 Å². The van der Waals surface area contributed by atoms with E-state index in [2.05, 4.69) is 16.4 Å². The van der Waals surface area contributed by atoms with Gasteiger partial charge in [-0.15, -0.1) is 0 Å². The van der Waals surface area contributed by atoms with Crippen molar-refractivity contribution in [3.05, 3.63) is 65.6 Å². The number of aldehydes is 1. The van der Waals surface area contributed by atoms with E-state index in [0.29, 0.717) is 42.0 Å². The van der Waals surface area contributed by atoms with E-state index in [9.17, 15) is 19.2 Å². The van der Waals surface area contributed by atoms with Crippen LogP contribution in [0.2, 0.25) is 0 Å². The molecule has 2 heterocycles. The standard InChI is InChI=1S/C30H31FN4O3/c1-29(2)27(34-26(37)19-7-9-23(22(31)14-19)35-13-11-18(16-35)17-36)30(3,4)28(29)38-24-10-8-20(15-32)25-21(24)6-5-12-33-25/h5-10,12,14,17-18,27-28H,11,13,16H2,1-4H3,(H,34,37)/t18-,27?,28?/m1/s1. The fourth-order valence-corrected chi connectivity index (χ4v) is 6.50. The summed E-state index contributed by atoms with van der Waals surface area (Å²) in [5, 5.41) is 13.3. The number of carbonyl (C=O) groups is 2. The number of hydrogen-bond acceptors (Lipinski definition) is 6. The minimum Gasteiger partial charge on any atom is -0.488 e. The Bertz CT molecular complexity index is 1450. The van der Waals surface area contributed by atoms with Gasteiger partial charge >= 0.3 is 0 Å². The first kappa shape index (κ1) is 25.7. The Morgan fingerprint density at radius 3 is 2.63 bits per heavy atom. The highest BCUT2D eigenvalue weighted by molar-refractivity contribution is 5.95. The Balaban J connectivity index is 1.32. The van der Waals surface area contributed by atoms with E-state index < -0.39 is 16.6 Å². The van der Waals surface area contributed by atoms with Crippen molar-refractivity contribution in [2.45, 2.75) is 46.3 Å². The number of aromatic nitrogens is 1. The molecular formula is C30H31FN4O3. The zero-order valence-electron chi connectivity index (χ0n) is 22.0. The van der Waals surface area contributed by atoms with Gasteiger partial charge in [0, 0.05) is 53.0 Å². The highest BCUT2D eigenvalue weighted by atomic mass is 19.1. The average molecular weight is 515 g/mol. The summed E-state index contributed by atoms with van der Waals surface area (Å²) < 4.78 is 21.5. The van der Waals surface area contributed by atoms with E-state index >= 15 is 0 Å². The molecule has 7 nitrogen and oxygen atoms in total. The van der Waals surface area contributed by atoms with E-state index in [1.807, 2.05) is 44.7 Å². The van der Waals surface area contributed by atoms with Crippen molar-refractivity contribution in [2.75, 3.05) is 18.0 Å². The van der Waals surface area contributed by atoms with Crippen LogP contribution in [0.15, 0.2) is 48.7 Å². The van der Waals surface area contributed by atoms with Crippen molar-refractivity contribution in [1.29, 1.82) is 5.26 Å².